The van der Waals surface area contributed by atoms with Crippen LogP contribution in [0, 0.1) is 6.92 Å². The van der Waals surface area contributed by atoms with Crippen molar-refractivity contribution in [2.45, 2.75) is 104 Å². The first-order chi connectivity index (χ1) is 21.8. The lowest BCUT2D eigenvalue weighted by atomic mass is 9.83. The van der Waals surface area contributed by atoms with Gasteiger partial charge < -0.3 is 9.67 Å². The highest BCUT2D eigenvalue weighted by Gasteiger charge is 2.29. The normalized spacial score (nSPS) is 13.6. The van der Waals surface area contributed by atoms with Gasteiger partial charge in [0.15, 0.2) is 0 Å². The second-order valence-electron chi connectivity index (χ2n) is 12.5. The van der Waals surface area contributed by atoms with Crippen LogP contribution in [0.4, 0.5) is 0 Å². The van der Waals surface area contributed by atoms with Gasteiger partial charge in [0.25, 0.3) is 0 Å². The number of unbranched alkanes of at least 4 members (excludes halogenated alkanes) is 4. The van der Waals surface area contributed by atoms with E-state index in [0.717, 1.165) is 56.5 Å². The number of carbonyl (C=O) groups excluding carboxylic acids is 1. The molecule has 1 N–H and O–H groups in total. The maximum atomic E-state index is 12.4. The molecular weight excluding hydrogens is 577 g/mol. The summed E-state index contributed by atoms with van der Waals surface area (Å²) in [7, 11) is 0. The molecule has 5 aromatic rings. The molecule has 0 spiro atoms. The molecule has 0 atom stereocenters. The van der Waals surface area contributed by atoms with Crippen molar-refractivity contribution in [1.82, 2.24) is 9.55 Å². The van der Waals surface area contributed by atoms with E-state index in [1.54, 1.807) is 13.0 Å². The van der Waals surface area contributed by atoms with Crippen LogP contribution in [-0.2, 0) is 11.3 Å². The van der Waals surface area contributed by atoms with Gasteiger partial charge in [-0.05, 0) is 73.6 Å². The van der Waals surface area contributed by atoms with E-state index in [1.165, 1.54) is 73.8 Å². The zero-order valence-electron chi connectivity index (χ0n) is 27.2. The number of Topliss-reactive ketones (excluding diaryl/α,β-unsaturated/α-hetero) is 1. The highest BCUT2D eigenvalue weighted by atomic mass is 32.1. The first-order valence-corrected chi connectivity index (χ1v) is 17.5. The second kappa shape index (κ2) is 15.0. The van der Waals surface area contributed by atoms with Gasteiger partial charge in [-0.15, -0.1) is 11.3 Å². The highest BCUT2D eigenvalue weighted by Crippen LogP contribution is 2.47. The molecule has 5 nitrogen and oxygen atoms in total. The molecule has 2 aromatic carbocycles. The molecule has 0 aliphatic heterocycles. The number of hydrogen-bond acceptors (Lipinski definition) is 4. The van der Waals surface area contributed by atoms with Gasteiger partial charge in [-0.25, -0.2) is 9.78 Å². The molecule has 6 rings (SSSR count). The lowest BCUT2D eigenvalue weighted by Crippen LogP contribution is -2.10. The number of carbonyl (C=O) groups is 2. The zero-order valence-corrected chi connectivity index (χ0v) is 28.0. The van der Waals surface area contributed by atoms with Crippen LogP contribution in [0.1, 0.15) is 112 Å². The Balaban J connectivity index is 0.000000515. The van der Waals surface area contributed by atoms with Gasteiger partial charge in [-0.3, -0.25) is 4.79 Å². The number of aromatic carboxylic acids is 1. The fraction of sp³-hybridized carbons (Fsp3) is 0.410. The topological polar surface area (TPSA) is 72.2 Å². The molecule has 1 saturated carbocycles. The summed E-state index contributed by atoms with van der Waals surface area (Å²) >= 11 is 1.34. The average molecular weight is 623 g/mol. The molecule has 236 valence electrons. The largest absolute Gasteiger partial charge is 0.477 e. The molecule has 1 fully saturated rings. The molecule has 6 heteroatoms. The number of carboxylic acids is 1. The maximum Gasteiger partial charge on any atom is 0.345 e. The Hall–Kier alpha value is -3.77. The van der Waals surface area contributed by atoms with E-state index in [4.69, 9.17) is 4.98 Å². The molecule has 1 aliphatic carbocycles. The molecule has 1 aliphatic rings. The van der Waals surface area contributed by atoms with Crippen LogP contribution in [0.2, 0.25) is 0 Å². The Labute approximate surface area is 271 Å². The quantitative estimate of drug-likeness (QED) is 0.157. The summed E-state index contributed by atoms with van der Waals surface area (Å²) in [6.07, 6.45) is 12.8. The van der Waals surface area contributed by atoms with Gasteiger partial charge in [0.2, 0.25) is 0 Å². The molecule has 0 saturated heterocycles. The van der Waals surface area contributed by atoms with Crippen LogP contribution in [0.5, 0.6) is 0 Å². The van der Waals surface area contributed by atoms with Crippen molar-refractivity contribution in [3.8, 4) is 22.5 Å². The number of carboxylic acid groups (broad SMARTS) is 1. The number of aryl methyl sites for hydroxylation is 1. The van der Waals surface area contributed by atoms with Crippen molar-refractivity contribution in [2.75, 3.05) is 0 Å². The molecule has 0 amide bonds. The van der Waals surface area contributed by atoms with Crippen LogP contribution >= 0.6 is 11.3 Å². The summed E-state index contributed by atoms with van der Waals surface area (Å²) in [6, 6.07) is 20.6. The number of hydrogen-bond donors (Lipinski definition) is 1. The molecule has 0 unspecified atom stereocenters. The number of thiophene rings is 1. The average Bonchev–Trinajstić information content (AvgIpc) is 3.60. The van der Waals surface area contributed by atoms with E-state index in [1.807, 2.05) is 12.1 Å². The number of ketones is 1. The molecule has 0 radical (unpaired) electrons. The third-order valence-corrected chi connectivity index (χ3v) is 10.1. The summed E-state index contributed by atoms with van der Waals surface area (Å²) in [5, 5.41) is 10.8. The molecule has 0 bridgehead atoms. The molecule has 45 heavy (non-hydrogen) atoms. The van der Waals surface area contributed by atoms with E-state index < -0.39 is 5.97 Å². The minimum atomic E-state index is -0.919. The Morgan fingerprint density at radius 1 is 0.933 bits per heavy atom. The Bertz CT molecular complexity index is 1790. The number of aromatic nitrogens is 2. The lowest BCUT2D eigenvalue weighted by molar-refractivity contribution is -0.117. The number of rotatable bonds is 10. The smallest absolute Gasteiger partial charge is 0.345 e. The Morgan fingerprint density at radius 2 is 1.67 bits per heavy atom. The predicted octanol–water partition coefficient (Wildman–Crippen LogP) is 11.2. The maximum absolute atomic E-state index is 12.4. The van der Waals surface area contributed by atoms with E-state index in [-0.39, 0.29) is 12.3 Å². The fourth-order valence-electron chi connectivity index (χ4n) is 6.68. The summed E-state index contributed by atoms with van der Waals surface area (Å²) in [5.74, 6) is -0.517. The van der Waals surface area contributed by atoms with Gasteiger partial charge in [0, 0.05) is 10.9 Å². The summed E-state index contributed by atoms with van der Waals surface area (Å²) in [4.78, 5) is 29.6. The summed E-state index contributed by atoms with van der Waals surface area (Å²) in [5.41, 5.74) is 8.36. The van der Waals surface area contributed by atoms with Crippen molar-refractivity contribution >= 4 is 44.2 Å². The lowest BCUT2D eigenvalue weighted by Gasteiger charge is -2.23. The fourth-order valence-corrected chi connectivity index (χ4v) is 7.81. The number of fused-ring (bicyclic) bond motifs is 2. The minimum Gasteiger partial charge on any atom is -0.477 e. The number of pyridine rings is 1. The van der Waals surface area contributed by atoms with Crippen molar-refractivity contribution < 1.29 is 14.7 Å². The first kappa shape index (κ1) is 32.6. The van der Waals surface area contributed by atoms with Crippen LogP contribution in [-0.4, -0.2) is 26.4 Å². The molecule has 3 aromatic heterocycles. The van der Waals surface area contributed by atoms with E-state index in [9.17, 15) is 14.7 Å². The zero-order chi connectivity index (χ0) is 31.9. The van der Waals surface area contributed by atoms with Crippen LogP contribution in [0.15, 0.2) is 60.7 Å². The highest BCUT2D eigenvalue weighted by molar-refractivity contribution is 7.21. The predicted molar refractivity (Wildman–Crippen MR) is 189 cm³/mol. The standard InChI is InChI=1S/C32H30N2O3S.C7H16/c1-19-8-6-7-11-24(19)26-15-12-22-16-23(13-14-25(22)33-26)30-29(21-9-4-3-5-10-21)31-27(34(30)18-20(2)35)17-28(38-31)32(36)37;1-3-5-7-6-4-2/h6-8,11-17,21H,3-5,9-10,18H2,1-2H3,(H,36,37);3-7H2,1-2H3. The third-order valence-electron chi connectivity index (χ3n) is 8.97. The summed E-state index contributed by atoms with van der Waals surface area (Å²) in [6.45, 7) is 8.40. The van der Waals surface area contributed by atoms with Gasteiger partial charge in [0.05, 0.1) is 33.7 Å². The van der Waals surface area contributed by atoms with Crippen molar-refractivity contribution in [1.29, 1.82) is 0 Å². The van der Waals surface area contributed by atoms with Crippen LogP contribution in [0.3, 0.4) is 0 Å². The van der Waals surface area contributed by atoms with E-state index >= 15 is 0 Å². The minimum absolute atomic E-state index is 0.0479. The van der Waals surface area contributed by atoms with Crippen molar-refractivity contribution in [2.24, 2.45) is 0 Å². The second-order valence-corrected chi connectivity index (χ2v) is 13.5. The van der Waals surface area contributed by atoms with E-state index in [2.05, 4.69) is 67.8 Å². The van der Waals surface area contributed by atoms with Gasteiger partial charge in [-0.1, -0.05) is 102 Å². The summed E-state index contributed by atoms with van der Waals surface area (Å²) < 4.78 is 3.07. The molecule has 3 heterocycles. The number of nitrogens with zero attached hydrogens (tertiary/aromatic N) is 2. The van der Waals surface area contributed by atoms with Crippen LogP contribution in [0.25, 0.3) is 43.6 Å². The van der Waals surface area contributed by atoms with Crippen molar-refractivity contribution in [3.63, 3.8) is 0 Å². The SMILES string of the molecule is CC(=O)Cn1c(-c2ccc3nc(-c4ccccc4C)ccc3c2)c(C2CCCCC2)c2sc(C(=O)O)cc21.CCCCCCC. The number of benzene rings is 2. The van der Waals surface area contributed by atoms with Gasteiger partial charge in [0.1, 0.15) is 10.7 Å². The first-order valence-electron chi connectivity index (χ1n) is 16.7. The Kier molecular flexibility index (Phi) is 10.9. The Morgan fingerprint density at radius 3 is 2.33 bits per heavy atom. The van der Waals surface area contributed by atoms with Gasteiger partial charge >= 0.3 is 5.97 Å². The van der Waals surface area contributed by atoms with Crippen LogP contribution < -0.4 is 0 Å². The monoisotopic (exact) mass is 622 g/mol. The molecular formula is C39H46N2O3S. The van der Waals surface area contributed by atoms with Crippen molar-refractivity contribution in [3.05, 3.63) is 76.7 Å². The third kappa shape index (κ3) is 7.38. The van der Waals surface area contributed by atoms with Gasteiger partial charge in [-0.2, -0.15) is 0 Å². The van der Waals surface area contributed by atoms with E-state index in [0.29, 0.717) is 10.8 Å².